The van der Waals surface area contributed by atoms with E-state index in [0.29, 0.717) is 0 Å². The topological polar surface area (TPSA) is 26.3 Å². The minimum Gasteiger partial charge on any atom is -0.494 e. The van der Waals surface area contributed by atoms with Gasteiger partial charge in [0.1, 0.15) is 11.6 Å². The van der Waals surface area contributed by atoms with Gasteiger partial charge < -0.3 is 4.74 Å². The molecule has 0 N–H and O–H groups in total. The number of hydrogen-bond acceptors (Lipinski definition) is 2. The summed E-state index contributed by atoms with van der Waals surface area (Å²) in [6.07, 6.45) is 0. The van der Waals surface area contributed by atoms with Crippen LogP contribution in [0, 0.1) is 17.5 Å². The molecule has 2 rings (SSSR count). The third-order valence-electron chi connectivity index (χ3n) is 2.67. The van der Waals surface area contributed by atoms with Crippen molar-refractivity contribution in [3.63, 3.8) is 0 Å². The number of methoxy groups -OCH3 is 1. The van der Waals surface area contributed by atoms with Crippen LogP contribution < -0.4 is 4.74 Å². The van der Waals surface area contributed by atoms with Crippen LogP contribution in [0.1, 0.15) is 15.9 Å². The lowest BCUT2D eigenvalue weighted by Crippen LogP contribution is -2.06. The first-order chi connectivity index (χ1) is 9.43. The van der Waals surface area contributed by atoms with Gasteiger partial charge in [0.2, 0.25) is 0 Å². The average molecular weight is 345 g/mol. The minimum atomic E-state index is -0.889. The van der Waals surface area contributed by atoms with E-state index in [9.17, 15) is 18.0 Å². The Bertz CT molecular complexity index is 686. The zero-order valence-corrected chi connectivity index (χ0v) is 11.8. The molecular formula is C14H8BrF3O2. The second-order valence-corrected chi connectivity index (χ2v) is 4.78. The fourth-order valence-corrected chi connectivity index (χ4v) is 1.98. The van der Waals surface area contributed by atoms with E-state index >= 15 is 0 Å². The summed E-state index contributed by atoms with van der Waals surface area (Å²) in [4.78, 5) is 12.1. The highest BCUT2D eigenvalue weighted by Crippen LogP contribution is 2.24. The summed E-state index contributed by atoms with van der Waals surface area (Å²) in [5.74, 6) is -3.26. The number of carbonyl (C=O) groups excluding carboxylic acids is 1. The fourth-order valence-electron chi connectivity index (χ4n) is 1.66. The van der Waals surface area contributed by atoms with Crippen molar-refractivity contribution in [1.29, 1.82) is 0 Å². The molecule has 0 spiro atoms. The summed E-state index contributed by atoms with van der Waals surface area (Å²) >= 11 is 2.81. The molecule has 0 unspecified atom stereocenters. The van der Waals surface area contributed by atoms with Gasteiger partial charge in [0.25, 0.3) is 0 Å². The predicted octanol–water partition coefficient (Wildman–Crippen LogP) is 4.11. The molecule has 2 nitrogen and oxygen atoms in total. The average Bonchev–Trinajstić information content (AvgIpc) is 2.42. The lowest BCUT2D eigenvalue weighted by atomic mass is 10.0. The summed E-state index contributed by atoms with van der Waals surface area (Å²) in [6, 6.07) is 5.06. The Labute approximate surface area is 121 Å². The van der Waals surface area contributed by atoms with Crippen molar-refractivity contribution < 1.29 is 22.7 Å². The third kappa shape index (κ3) is 2.70. The molecule has 0 bridgehead atoms. The van der Waals surface area contributed by atoms with Crippen LogP contribution in [0.25, 0.3) is 0 Å². The summed E-state index contributed by atoms with van der Waals surface area (Å²) in [7, 11) is 1.28. The maximum atomic E-state index is 13.7. The van der Waals surface area contributed by atoms with E-state index in [2.05, 4.69) is 15.9 Å². The van der Waals surface area contributed by atoms with Gasteiger partial charge in [-0.2, -0.15) is 0 Å². The lowest BCUT2D eigenvalue weighted by molar-refractivity contribution is 0.103. The van der Waals surface area contributed by atoms with Crippen LogP contribution in [-0.4, -0.2) is 12.9 Å². The van der Waals surface area contributed by atoms with Gasteiger partial charge in [-0.05, 0) is 46.3 Å². The van der Waals surface area contributed by atoms with Gasteiger partial charge in [0.15, 0.2) is 17.3 Å². The van der Waals surface area contributed by atoms with Crippen LogP contribution in [0.2, 0.25) is 0 Å². The molecule has 20 heavy (non-hydrogen) atoms. The number of rotatable bonds is 3. The zero-order valence-electron chi connectivity index (χ0n) is 10.2. The third-order valence-corrected chi connectivity index (χ3v) is 3.28. The molecule has 0 saturated heterocycles. The van der Waals surface area contributed by atoms with Gasteiger partial charge >= 0.3 is 0 Å². The van der Waals surface area contributed by atoms with Gasteiger partial charge in [-0.25, -0.2) is 13.2 Å². The monoisotopic (exact) mass is 344 g/mol. The first-order valence-electron chi connectivity index (χ1n) is 5.47. The molecule has 2 aromatic rings. The van der Waals surface area contributed by atoms with Crippen molar-refractivity contribution in [2.24, 2.45) is 0 Å². The van der Waals surface area contributed by atoms with Crippen molar-refractivity contribution in [3.05, 3.63) is 63.4 Å². The Morgan fingerprint density at radius 3 is 2.35 bits per heavy atom. The molecule has 0 amide bonds. The summed E-state index contributed by atoms with van der Waals surface area (Å²) in [5, 5.41) is 0. The number of benzene rings is 2. The van der Waals surface area contributed by atoms with Crippen molar-refractivity contribution >= 4 is 21.7 Å². The molecule has 0 radical (unpaired) electrons. The van der Waals surface area contributed by atoms with Crippen molar-refractivity contribution in [1.82, 2.24) is 0 Å². The Hall–Kier alpha value is -1.82. The van der Waals surface area contributed by atoms with Crippen LogP contribution in [0.15, 0.2) is 34.8 Å². The number of ketones is 1. The van der Waals surface area contributed by atoms with Crippen LogP contribution >= 0.6 is 15.9 Å². The standard InChI is InChI=1S/C14H8BrF3O2/c1-20-13-3-2-7(4-12(13)18)14(19)8-5-11(17)9(15)6-10(8)16/h2-6H,1H3. The van der Waals surface area contributed by atoms with E-state index in [0.717, 1.165) is 18.2 Å². The van der Waals surface area contributed by atoms with Gasteiger partial charge in [0.05, 0.1) is 17.1 Å². The molecule has 0 aliphatic carbocycles. The van der Waals surface area contributed by atoms with E-state index in [1.54, 1.807) is 0 Å². The van der Waals surface area contributed by atoms with Crippen molar-refractivity contribution in [2.75, 3.05) is 7.11 Å². The van der Waals surface area contributed by atoms with Crippen LogP contribution in [0.5, 0.6) is 5.75 Å². The highest BCUT2D eigenvalue weighted by Gasteiger charge is 2.18. The van der Waals surface area contributed by atoms with E-state index in [4.69, 9.17) is 4.74 Å². The molecule has 6 heteroatoms. The Morgan fingerprint density at radius 1 is 1.05 bits per heavy atom. The van der Waals surface area contributed by atoms with E-state index < -0.39 is 28.8 Å². The smallest absolute Gasteiger partial charge is 0.196 e. The van der Waals surface area contributed by atoms with Crippen LogP contribution in [0.3, 0.4) is 0 Å². The fraction of sp³-hybridized carbons (Fsp3) is 0.0714. The highest BCUT2D eigenvalue weighted by molar-refractivity contribution is 9.10. The first-order valence-corrected chi connectivity index (χ1v) is 6.26. The summed E-state index contributed by atoms with van der Waals surface area (Å²) in [5.41, 5.74) is -0.556. The molecule has 0 atom stereocenters. The first kappa shape index (κ1) is 14.6. The molecule has 0 saturated carbocycles. The van der Waals surface area contributed by atoms with E-state index in [-0.39, 0.29) is 15.8 Å². The summed E-state index contributed by atoms with van der Waals surface area (Å²) < 4.78 is 45.2. The number of carbonyl (C=O) groups is 1. The number of ether oxygens (including phenoxy) is 1. The van der Waals surface area contributed by atoms with Crippen LogP contribution in [-0.2, 0) is 0 Å². The quantitative estimate of drug-likeness (QED) is 0.618. The van der Waals surface area contributed by atoms with Gasteiger partial charge in [-0.15, -0.1) is 0 Å². The highest BCUT2D eigenvalue weighted by atomic mass is 79.9. The Kier molecular flexibility index (Phi) is 4.13. The lowest BCUT2D eigenvalue weighted by Gasteiger charge is -2.06. The second-order valence-electron chi connectivity index (χ2n) is 3.92. The SMILES string of the molecule is COc1ccc(C(=O)c2cc(F)c(Br)cc2F)cc1F. The van der Waals surface area contributed by atoms with Crippen LogP contribution in [0.4, 0.5) is 13.2 Å². The van der Waals surface area contributed by atoms with Gasteiger partial charge in [-0.3, -0.25) is 4.79 Å². The minimum absolute atomic E-state index is 0.0380. The number of hydrogen-bond donors (Lipinski definition) is 0. The summed E-state index contributed by atoms with van der Waals surface area (Å²) in [6.45, 7) is 0. The zero-order chi connectivity index (χ0) is 14.9. The van der Waals surface area contributed by atoms with Gasteiger partial charge in [0, 0.05) is 5.56 Å². The molecule has 0 aliphatic rings. The number of halogens is 4. The molecule has 0 aliphatic heterocycles. The van der Waals surface area contributed by atoms with E-state index in [1.165, 1.54) is 19.2 Å². The molecular weight excluding hydrogens is 337 g/mol. The Balaban J connectivity index is 2.46. The predicted molar refractivity (Wildman–Crippen MR) is 70.4 cm³/mol. The maximum absolute atomic E-state index is 13.7. The Morgan fingerprint density at radius 2 is 1.75 bits per heavy atom. The van der Waals surface area contributed by atoms with Gasteiger partial charge in [-0.1, -0.05) is 0 Å². The molecule has 104 valence electrons. The second kappa shape index (κ2) is 5.66. The normalized spacial score (nSPS) is 10.4. The molecule has 0 aromatic heterocycles. The van der Waals surface area contributed by atoms with Crippen molar-refractivity contribution in [2.45, 2.75) is 0 Å². The van der Waals surface area contributed by atoms with E-state index in [1.807, 2.05) is 0 Å². The largest absolute Gasteiger partial charge is 0.494 e. The molecule has 2 aromatic carbocycles. The van der Waals surface area contributed by atoms with Crippen molar-refractivity contribution in [3.8, 4) is 5.75 Å². The maximum Gasteiger partial charge on any atom is 0.196 e. The molecule has 0 heterocycles. The molecule has 0 fully saturated rings.